The SMILES string of the molecule is CCN(CC1CCC1)C(=O)C1(CN)CCCC1. The van der Waals surface area contributed by atoms with Gasteiger partial charge in [0.25, 0.3) is 0 Å². The molecule has 0 heterocycles. The van der Waals surface area contributed by atoms with Gasteiger partial charge in [0.1, 0.15) is 0 Å². The normalized spacial score (nSPS) is 23.4. The highest BCUT2D eigenvalue weighted by molar-refractivity contribution is 5.83. The molecule has 2 aliphatic rings. The zero-order valence-corrected chi connectivity index (χ0v) is 11.1. The maximum Gasteiger partial charge on any atom is 0.230 e. The molecule has 2 saturated carbocycles. The molecule has 3 heteroatoms. The molecule has 0 aromatic heterocycles. The van der Waals surface area contributed by atoms with Gasteiger partial charge < -0.3 is 10.6 Å². The standard InChI is InChI=1S/C14H26N2O/c1-2-16(10-12-6-5-7-12)13(17)14(11-15)8-3-4-9-14/h12H,2-11,15H2,1H3. The smallest absolute Gasteiger partial charge is 0.230 e. The third-order valence-corrected chi connectivity index (χ3v) is 4.78. The molecule has 0 saturated heterocycles. The van der Waals surface area contributed by atoms with Gasteiger partial charge in [0.05, 0.1) is 5.41 Å². The number of rotatable bonds is 5. The summed E-state index contributed by atoms with van der Waals surface area (Å²) < 4.78 is 0. The van der Waals surface area contributed by atoms with Crippen molar-refractivity contribution in [3.63, 3.8) is 0 Å². The Hall–Kier alpha value is -0.570. The quantitative estimate of drug-likeness (QED) is 0.797. The third-order valence-electron chi connectivity index (χ3n) is 4.78. The van der Waals surface area contributed by atoms with Crippen molar-refractivity contribution in [1.82, 2.24) is 4.90 Å². The first kappa shape index (κ1) is 12.9. The Balaban J connectivity index is 1.99. The second-order valence-electron chi connectivity index (χ2n) is 5.83. The van der Waals surface area contributed by atoms with Crippen LogP contribution in [0, 0.1) is 11.3 Å². The molecule has 2 aliphatic carbocycles. The summed E-state index contributed by atoms with van der Waals surface area (Å²) in [6.07, 6.45) is 8.30. The molecule has 0 aliphatic heterocycles. The summed E-state index contributed by atoms with van der Waals surface area (Å²) in [5, 5.41) is 0. The van der Waals surface area contributed by atoms with Crippen LogP contribution < -0.4 is 5.73 Å². The molecular weight excluding hydrogens is 212 g/mol. The lowest BCUT2D eigenvalue weighted by atomic mass is 9.82. The van der Waals surface area contributed by atoms with Crippen molar-refractivity contribution in [3.05, 3.63) is 0 Å². The van der Waals surface area contributed by atoms with Crippen molar-refractivity contribution >= 4 is 5.91 Å². The predicted octanol–water partition coefficient (Wildman–Crippen LogP) is 2.15. The van der Waals surface area contributed by atoms with Crippen LogP contribution in [0.4, 0.5) is 0 Å². The molecule has 2 rings (SSSR count). The van der Waals surface area contributed by atoms with E-state index in [0.717, 1.165) is 31.8 Å². The van der Waals surface area contributed by atoms with Gasteiger partial charge in [-0.3, -0.25) is 4.79 Å². The largest absolute Gasteiger partial charge is 0.342 e. The molecular formula is C14H26N2O. The lowest BCUT2D eigenvalue weighted by Gasteiger charge is -2.37. The number of hydrogen-bond donors (Lipinski definition) is 1. The lowest BCUT2D eigenvalue weighted by molar-refractivity contribution is -0.142. The maximum atomic E-state index is 12.7. The van der Waals surface area contributed by atoms with Crippen LogP contribution in [0.15, 0.2) is 0 Å². The van der Waals surface area contributed by atoms with E-state index in [9.17, 15) is 4.79 Å². The van der Waals surface area contributed by atoms with Gasteiger partial charge in [0.2, 0.25) is 5.91 Å². The van der Waals surface area contributed by atoms with Gasteiger partial charge in [-0.15, -0.1) is 0 Å². The van der Waals surface area contributed by atoms with Crippen molar-refractivity contribution < 1.29 is 4.79 Å². The van der Waals surface area contributed by atoms with Gasteiger partial charge in [-0.05, 0) is 38.5 Å². The summed E-state index contributed by atoms with van der Waals surface area (Å²) >= 11 is 0. The Kier molecular flexibility index (Phi) is 4.08. The summed E-state index contributed by atoms with van der Waals surface area (Å²) in [5.41, 5.74) is 5.68. The highest BCUT2D eigenvalue weighted by Gasteiger charge is 2.42. The predicted molar refractivity (Wildman–Crippen MR) is 69.6 cm³/mol. The van der Waals surface area contributed by atoms with Crippen LogP contribution in [-0.2, 0) is 4.79 Å². The molecule has 0 aromatic rings. The van der Waals surface area contributed by atoms with Crippen molar-refractivity contribution in [2.24, 2.45) is 17.1 Å². The van der Waals surface area contributed by atoms with E-state index >= 15 is 0 Å². The summed E-state index contributed by atoms with van der Waals surface area (Å²) in [6, 6.07) is 0. The monoisotopic (exact) mass is 238 g/mol. The van der Waals surface area contributed by atoms with Gasteiger partial charge in [0, 0.05) is 19.6 Å². The minimum atomic E-state index is -0.209. The fourth-order valence-electron chi connectivity index (χ4n) is 3.24. The molecule has 0 bridgehead atoms. The molecule has 98 valence electrons. The summed E-state index contributed by atoms with van der Waals surface area (Å²) in [6.45, 7) is 4.44. The van der Waals surface area contributed by atoms with Gasteiger partial charge in [-0.1, -0.05) is 19.3 Å². The van der Waals surface area contributed by atoms with E-state index in [1.165, 1.54) is 32.1 Å². The Morgan fingerprint density at radius 3 is 2.35 bits per heavy atom. The number of amides is 1. The lowest BCUT2D eigenvalue weighted by Crippen LogP contribution is -2.48. The van der Waals surface area contributed by atoms with E-state index in [4.69, 9.17) is 5.73 Å². The summed E-state index contributed by atoms with van der Waals surface area (Å²) in [5.74, 6) is 1.10. The maximum absolute atomic E-state index is 12.7. The van der Waals surface area contributed by atoms with Crippen molar-refractivity contribution in [2.75, 3.05) is 19.6 Å². The van der Waals surface area contributed by atoms with Crippen LogP contribution in [0.3, 0.4) is 0 Å². The van der Waals surface area contributed by atoms with Crippen molar-refractivity contribution in [3.8, 4) is 0 Å². The van der Waals surface area contributed by atoms with Gasteiger partial charge in [-0.2, -0.15) is 0 Å². The van der Waals surface area contributed by atoms with Crippen molar-refractivity contribution in [2.45, 2.75) is 51.9 Å². The molecule has 2 N–H and O–H groups in total. The van der Waals surface area contributed by atoms with E-state index in [0.29, 0.717) is 12.5 Å². The topological polar surface area (TPSA) is 46.3 Å². The average Bonchev–Trinajstić information content (AvgIpc) is 2.77. The first-order valence-corrected chi connectivity index (χ1v) is 7.21. The Morgan fingerprint density at radius 1 is 1.29 bits per heavy atom. The first-order valence-electron chi connectivity index (χ1n) is 7.21. The number of nitrogens with two attached hydrogens (primary N) is 1. The molecule has 0 atom stereocenters. The van der Waals surface area contributed by atoms with E-state index in [2.05, 4.69) is 11.8 Å². The Labute approximate surface area is 105 Å². The van der Waals surface area contributed by atoms with E-state index in [1.807, 2.05) is 0 Å². The fraction of sp³-hybridized carbons (Fsp3) is 0.929. The number of carbonyl (C=O) groups is 1. The Morgan fingerprint density at radius 2 is 1.94 bits per heavy atom. The second kappa shape index (κ2) is 5.38. The van der Waals surface area contributed by atoms with Gasteiger partial charge in [0.15, 0.2) is 0 Å². The molecule has 3 nitrogen and oxygen atoms in total. The molecule has 0 aromatic carbocycles. The number of hydrogen-bond acceptors (Lipinski definition) is 2. The minimum Gasteiger partial charge on any atom is -0.342 e. The Bertz CT molecular complexity index is 267. The molecule has 0 radical (unpaired) electrons. The van der Waals surface area contributed by atoms with Crippen LogP contribution in [0.1, 0.15) is 51.9 Å². The summed E-state index contributed by atoms with van der Waals surface area (Å²) in [7, 11) is 0. The molecule has 1 amide bonds. The highest BCUT2D eigenvalue weighted by Crippen LogP contribution is 2.39. The molecule has 0 spiro atoms. The zero-order valence-electron chi connectivity index (χ0n) is 11.1. The zero-order chi connectivity index (χ0) is 12.3. The fourth-order valence-corrected chi connectivity index (χ4v) is 3.24. The molecule has 2 fully saturated rings. The van der Waals surface area contributed by atoms with Crippen LogP contribution in [0.5, 0.6) is 0 Å². The molecule has 17 heavy (non-hydrogen) atoms. The van der Waals surface area contributed by atoms with E-state index < -0.39 is 0 Å². The van der Waals surface area contributed by atoms with Crippen LogP contribution in [0.25, 0.3) is 0 Å². The van der Waals surface area contributed by atoms with Crippen molar-refractivity contribution in [1.29, 1.82) is 0 Å². The highest BCUT2D eigenvalue weighted by atomic mass is 16.2. The van der Waals surface area contributed by atoms with Gasteiger partial charge in [-0.25, -0.2) is 0 Å². The average molecular weight is 238 g/mol. The number of carbonyl (C=O) groups excluding carboxylic acids is 1. The molecule has 0 unspecified atom stereocenters. The van der Waals surface area contributed by atoms with Crippen LogP contribution in [-0.4, -0.2) is 30.4 Å². The van der Waals surface area contributed by atoms with Crippen LogP contribution in [0.2, 0.25) is 0 Å². The van der Waals surface area contributed by atoms with Gasteiger partial charge >= 0.3 is 0 Å². The van der Waals surface area contributed by atoms with E-state index in [1.54, 1.807) is 0 Å². The number of nitrogens with zero attached hydrogens (tertiary/aromatic N) is 1. The summed E-state index contributed by atoms with van der Waals surface area (Å²) in [4.78, 5) is 14.7. The third kappa shape index (κ3) is 2.49. The van der Waals surface area contributed by atoms with Crippen LogP contribution >= 0.6 is 0 Å². The second-order valence-corrected chi connectivity index (χ2v) is 5.83. The first-order chi connectivity index (χ1) is 8.22. The van der Waals surface area contributed by atoms with E-state index in [-0.39, 0.29) is 5.41 Å². The minimum absolute atomic E-state index is 0.209.